The lowest BCUT2D eigenvalue weighted by atomic mass is 9.95. The molecule has 8 nitrogen and oxygen atoms in total. The van der Waals surface area contributed by atoms with Gasteiger partial charge in [0.2, 0.25) is 21.8 Å². The van der Waals surface area contributed by atoms with Gasteiger partial charge in [-0.1, -0.05) is 61.5 Å². The predicted octanol–water partition coefficient (Wildman–Crippen LogP) is 5.80. The van der Waals surface area contributed by atoms with Crippen LogP contribution in [0.1, 0.15) is 63.9 Å². The fourth-order valence-electron chi connectivity index (χ4n) is 5.06. The normalized spacial score (nSPS) is 14.8. The SMILES string of the molecule is CC[C@H](C(=O)NC1CCCCC1)N(Cc1ccc(Cl)cc1)C(=O)CCCN(c1ccc(OC)c(Cl)c1)S(C)(=O)=O. The van der Waals surface area contributed by atoms with E-state index in [0.29, 0.717) is 22.9 Å². The van der Waals surface area contributed by atoms with Gasteiger partial charge in [-0.2, -0.15) is 0 Å². The molecular weight excluding hydrogens is 573 g/mol. The number of ether oxygens (including phenoxy) is 1. The van der Waals surface area contributed by atoms with Crippen LogP contribution in [0.5, 0.6) is 5.75 Å². The van der Waals surface area contributed by atoms with Crippen molar-refractivity contribution in [2.24, 2.45) is 0 Å². The van der Waals surface area contributed by atoms with Crippen LogP contribution in [-0.2, 0) is 26.2 Å². The first-order valence-corrected chi connectivity index (χ1v) is 16.3. The number of benzene rings is 2. The fourth-order valence-corrected chi connectivity index (χ4v) is 6.40. The lowest BCUT2D eigenvalue weighted by Crippen LogP contribution is -2.51. The second-order valence-corrected chi connectivity index (χ2v) is 12.9. The second kappa shape index (κ2) is 14.9. The highest BCUT2D eigenvalue weighted by atomic mass is 35.5. The summed E-state index contributed by atoms with van der Waals surface area (Å²) in [5.74, 6) is 0.0631. The van der Waals surface area contributed by atoms with Gasteiger partial charge in [0.25, 0.3) is 0 Å². The average Bonchev–Trinajstić information content (AvgIpc) is 2.91. The van der Waals surface area contributed by atoms with Gasteiger partial charge in [-0.25, -0.2) is 8.42 Å². The summed E-state index contributed by atoms with van der Waals surface area (Å²) in [5.41, 5.74) is 1.24. The molecule has 1 saturated carbocycles. The van der Waals surface area contributed by atoms with E-state index in [-0.39, 0.29) is 48.8 Å². The number of hydrogen-bond acceptors (Lipinski definition) is 5. The second-order valence-electron chi connectivity index (χ2n) is 10.2. The van der Waals surface area contributed by atoms with Gasteiger partial charge in [-0.15, -0.1) is 0 Å². The first-order valence-electron chi connectivity index (χ1n) is 13.7. The third-order valence-electron chi connectivity index (χ3n) is 7.18. The molecule has 0 aromatic heterocycles. The summed E-state index contributed by atoms with van der Waals surface area (Å²) in [4.78, 5) is 28.6. The summed E-state index contributed by atoms with van der Waals surface area (Å²) >= 11 is 12.3. The molecule has 1 aliphatic rings. The minimum Gasteiger partial charge on any atom is -0.495 e. The zero-order valence-electron chi connectivity index (χ0n) is 23.4. The largest absolute Gasteiger partial charge is 0.495 e. The first-order chi connectivity index (χ1) is 19.0. The number of carbonyl (C=O) groups excluding carboxylic acids is 2. The third-order valence-corrected chi connectivity index (χ3v) is 8.92. The zero-order chi connectivity index (χ0) is 29.3. The Labute approximate surface area is 248 Å². The number of anilines is 1. The molecule has 11 heteroatoms. The standard InChI is InChI=1S/C29H39Cl2N3O5S/c1-4-26(29(36)32-23-9-6-5-7-10-23)33(20-21-12-14-22(30)15-13-21)28(35)11-8-18-34(40(3,37)38)24-16-17-27(39-2)25(31)19-24/h12-17,19,23,26H,4-11,18,20H2,1-3H3,(H,32,36)/t26-/m1/s1. The Kier molecular flexibility index (Phi) is 12.0. The maximum absolute atomic E-state index is 13.6. The number of methoxy groups -OCH3 is 1. The highest BCUT2D eigenvalue weighted by Crippen LogP contribution is 2.30. The Morgan fingerprint density at radius 2 is 1.75 bits per heavy atom. The molecule has 40 heavy (non-hydrogen) atoms. The maximum atomic E-state index is 13.6. The van der Waals surface area contributed by atoms with E-state index in [0.717, 1.165) is 37.5 Å². The van der Waals surface area contributed by atoms with Crippen LogP contribution in [0.25, 0.3) is 0 Å². The maximum Gasteiger partial charge on any atom is 0.243 e. The van der Waals surface area contributed by atoms with Gasteiger partial charge in [0, 0.05) is 30.6 Å². The molecule has 0 spiro atoms. The minimum atomic E-state index is -3.64. The Morgan fingerprint density at radius 3 is 2.33 bits per heavy atom. The van der Waals surface area contributed by atoms with E-state index in [1.54, 1.807) is 29.2 Å². The quantitative estimate of drug-likeness (QED) is 0.308. The van der Waals surface area contributed by atoms with Crippen molar-refractivity contribution in [3.05, 3.63) is 58.1 Å². The highest BCUT2D eigenvalue weighted by Gasteiger charge is 2.30. The fraction of sp³-hybridized carbons (Fsp3) is 0.517. The van der Waals surface area contributed by atoms with Crippen LogP contribution in [0.2, 0.25) is 10.0 Å². The van der Waals surface area contributed by atoms with Gasteiger partial charge in [-0.05, 0) is 61.6 Å². The Morgan fingerprint density at radius 1 is 1.07 bits per heavy atom. The lowest BCUT2D eigenvalue weighted by molar-refractivity contribution is -0.141. The highest BCUT2D eigenvalue weighted by molar-refractivity contribution is 7.92. The van der Waals surface area contributed by atoms with E-state index < -0.39 is 16.1 Å². The molecule has 0 saturated heterocycles. The molecule has 0 radical (unpaired) electrons. The van der Waals surface area contributed by atoms with Gasteiger partial charge >= 0.3 is 0 Å². The molecule has 1 aliphatic carbocycles. The van der Waals surface area contributed by atoms with Crippen LogP contribution in [0.4, 0.5) is 5.69 Å². The number of sulfonamides is 1. The molecule has 0 heterocycles. The van der Waals surface area contributed by atoms with Crippen molar-refractivity contribution < 1.29 is 22.7 Å². The zero-order valence-corrected chi connectivity index (χ0v) is 25.7. The predicted molar refractivity (Wildman–Crippen MR) is 161 cm³/mol. The molecule has 2 aromatic carbocycles. The summed E-state index contributed by atoms with van der Waals surface area (Å²) in [6, 6.07) is 11.4. The van der Waals surface area contributed by atoms with Gasteiger partial charge in [0.1, 0.15) is 11.8 Å². The molecular formula is C29H39Cl2N3O5S. The van der Waals surface area contributed by atoms with Gasteiger partial charge in [-0.3, -0.25) is 13.9 Å². The summed E-state index contributed by atoms with van der Waals surface area (Å²) in [7, 11) is -2.16. The monoisotopic (exact) mass is 611 g/mol. The summed E-state index contributed by atoms with van der Waals surface area (Å²) < 4.78 is 31.6. The number of nitrogens with one attached hydrogen (secondary N) is 1. The van der Waals surface area contributed by atoms with Crippen molar-refractivity contribution >= 4 is 50.7 Å². The van der Waals surface area contributed by atoms with Crippen molar-refractivity contribution in [3.63, 3.8) is 0 Å². The molecule has 1 fully saturated rings. The number of carbonyl (C=O) groups is 2. The van der Waals surface area contributed by atoms with E-state index in [1.165, 1.54) is 23.9 Å². The van der Waals surface area contributed by atoms with Crippen LogP contribution in [-0.4, -0.2) is 57.1 Å². The van der Waals surface area contributed by atoms with Crippen LogP contribution >= 0.6 is 23.2 Å². The van der Waals surface area contributed by atoms with E-state index in [4.69, 9.17) is 27.9 Å². The molecule has 2 amide bonds. The van der Waals surface area contributed by atoms with Gasteiger partial charge < -0.3 is 15.0 Å². The Hall–Kier alpha value is -2.49. The minimum absolute atomic E-state index is 0.0662. The van der Waals surface area contributed by atoms with Gasteiger partial charge in [0.15, 0.2) is 0 Å². The molecule has 0 aliphatic heterocycles. The first kappa shape index (κ1) is 32.0. The number of halogens is 2. The molecule has 0 bridgehead atoms. The van der Waals surface area contributed by atoms with Crippen LogP contribution in [0.3, 0.4) is 0 Å². The average molecular weight is 613 g/mol. The van der Waals surface area contributed by atoms with Crippen LogP contribution in [0.15, 0.2) is 42.5 Å². The summed E-state index contributed by atoms with van der Waals surface area (Å²) in [5, 5.41) is 4.04. The lowest BCUT2D eigenvalue weighted by Gasteiger charge is -2.33. The Bertz CT molecular complexity index is 1250. The number of rotatable bonds is 13. The smallest absolute Gasteiger partial charge is 0.243 e. The topological polar surface area (TPSA) is 96.0 Å². The van der Waals surface area contributed by atoms with E-state index in [9.17, 15) is 18.0 Å². The summed E-state index contributed by atoms with van der Waals surface area (Å²) in [6.45, 7) is 2.22. The molecule has 220 valence electrons. The molecule has 1 atom stereocenters. The van der Waals surface area contributed by atoms with Crippen molar-refractivity contribution in [2.75, 3.05) is 24.2 Å². The van der Waals surface area contributed by atoms with E-state index in [2.05, 4.69) is 5.32 Å². The van der Waals surface area contributed by atoms with E-state index >= 15 is 0 Å². The van der Waals surface area contributed by atoms with E-state index in [1.807, 2.05) is 19.1 Å². The third kappa shape index (κ3) is 9.01. The Balaban J connectivity index is 1.76. The number of nitrogens with zero attached hydrogens (tertiary/aromatic N) is 2. The van der Waals surface area contributed by atoms with Crippen molar-refractivity contribution in [1.29, 1.82) is 0 Å². The van der Waals surface area contributed by atoms with Crippen molar-refractivity contribution in [1.82, 2.24) is 10.2 Å². The molecule has 2 aromatic rings. The number of amides is 2. The molecule has 0 unspecified atom stereocenters. The number of hydrogen-bond donors (Lipinski definition) is 1. The van der Waals surface area contributed by atoms with Crippen LogP contribution in [0, 0.1) is 0 Å². The van der Waals surface area contributed by atoms with Crippen molar-refractivity contribution in [3.8, 4) is 5.75 Å². The molecule has 3 rings (SSSR count). The van der Waals surface area contributed by atoms with Crippen LogP contribution < -0.4 is 14.4 Å². The summed E-state index contributed by atoms with van der Waals surface area (Å²) in [6.07, 6.45) is 7.15. The van der Waals surface area contributed by atoms with Gasteiger partial charge in [0.05, 0.1) is 24.1 Å². The van der Waals surface area contributed by atoms with Crippen molar-refractivity contribution in [2.45, 2.75) is 76.9 Å². The molecule has 1 N–H and O–H groups in total.